The Labute approximate surface area is 208 Å². The number of imidazole rings is 1. The molecule has 3 heterocycles. The molecular weight excluding hydrogens is 460 g/mol. The molecule has 5 rings (SSSR count). The largest absolute Gasteiger partial charge is 0.339 e. The number of aromatic nitrogens is 2. The van der Waals surface area contributed by atoms with Gasteiger partial charge in [0.1, 0.15) is 0 Å². The van der Waals surface area contributed by atoms with Crippen molar-refractivity contribution in [2.45, 2.75) is 43.3 Å². The number of carbonyl (C=O) groups excluding carboxylic acids is 1. The molecule has 0 aliphatic carbocycles. The lowest BCUT2D eigenvalue weighted by Crippen LogP contribution is -2.44. The van der Waals surface area contributed by atoms with Crippen LogP contribution >= 0.6 is 23.1 Å². The lowest BCUT2D eigenvalue weighted by Gasteiger charge is -2.27. The summed E-state index contributed by atoms with van der Waals surface area (Å²) < 4.78 is 1.27. The molecule has 0 saturated carbocycles. The minimum atomic E-state index is -0.115. The zero-order valence-electron chi connectivity index (χ0n) is 19.8. The van der Waals surface area contributed by atoms with Gasteiger partial charge in [0.2, 0.25) is 5.91 Å². The van der Waals surface area contributed by atoms with Gasteiger partial charge in [-0.25, -0.2) is 4.98 Å². The van der Waals surface area contributed by atoms with Crippen LogP contribution in [0.2, 0.25) is 0 Å². The Hall–Kier alpha value is -2.61. The van der Waals surface area contributed by atoms with Gasteiger partial charge in [-0.2, -0.15) is 0 Å². The summed E-state index contributed by atoms with van der Waals surface area (Å²) in [6, 6.07) is 18.6. The maximum Gasteiger partial charge on any atom is 0.240 e. The lowest BCUT2D eigenvalue weighted by molar-refractivity contribution is -0.135. The number of hydrogen-bond acceptors (Lipinski definition) is 5. The molecule has 0 radical (unpaired) electrons. The second kappa shape index (κ2) is 9.94. The van der Waals surface area contributed by atoms with Crippen LogP contribution in [-0.4, -0.2) is 57.1 Å². The maximum atomic E-state index is 13.6. The van der Waals surface area contributed by atoms with E-state index < -0.39 is 0 Å². The zero-order valence-corrected chi connectivity index (χ0v) is 21.5. The number of rotatable bonds is 7. The standard InChI is InChI=1S/C27H30N4OS2/c1-4-18(2)15-31-17-21(34-27-28-22-10-6-7-11-23(22)29-27)14-24(31)26(32)30(3)16-20-13-19-9-5-8-12-25(19)33-20/h4-13,21,24H,14-17H2,1-3H3,(H,28,29)/t21-,24+/m1/s1. The highest BCUT2D eigenvalue weighted by atomic mass is 32.2. The highest BCUT2D eigenvalue weighted by molar-refractivity contribution is 7.99. The van der Waals surface area contributed by atoms with Gasteiger partial charge in [0, 0.05) is 35.0 Å². The van der Waals surface area contributed by atoms with Gasteiger partial charge in [-0.05, 0) is 49.9 Å². The molecular formula is C27H30N4OS2. The Balaban J connectivity index is 1.30. The van der Waals surface area contributed by atoms with Crippen molar-refractivity contribution in [1.82, 2.24) is 19.8 Å². The number of allylic oxidation sites excluding steroid dienone is 1. The van der Waals surface area contributed by atoms with Crippen LogP contribution in [-0.2, 0) is 11.3 Å². The number of likely N-dealkylation sites (N-methyl/N-ethyl adjacent to an activating group) is 1. The van der Waals surface area contributed by atoms with Crippen LogP contribution in [0.5, 0.6) is 0 Å². The van der Waals surface area contributed by atoms with Gasteiger partial charge in [0.25, 0.3) is 0 Å². The molecule has 1 N–H and O–H groups in total. The van der Waals surface area contributed by atoms with Gasteiger partial charge in [-0.3, -0.25) is 9.69 Å². The molecule has 0 bridgehead atoms. The van der Waals surface area contributed by atoms with E-state index in [4.69, 9.17) is 4.98 Å². The topological polar surface area (TPSA) is 52.2 Å². The molecule has 4 aromatic rings. The second-order valence-corrected chi connectivity index (χ2v) is 11.5. The predicted molar refractivity (Wildman–Crippen MR) is 143 cm³/mol. The third-order valence-electron chi connectivity index (χ3n) is 6.49. The fraction of sp³-hybridized carbons (Fsp3) is 0.333. The molecule has 0 unspecified atom stereocenters. The quantitative estimate of drug-likeness (QED) is 0.326. The van der Waals surface area contributed by atoms with Crippen molar-refractivity contribution in [3.05, 3.63) is 71.1 Å². The molecule has 1 aliphatic heterocycles. The summed E-state index contributed by atoms with van der Waals surface area (Å²) in [6.45, 7) is 6.55. The average molecular weight is 491 g/mol. The van der Waals surface area contributed by atoms with E-state index in [1.54, 1.807) is 23.1 Å². The Morgan fingerprint density at radius 3 is 2.85 bits per heavy atom. The molecule has 2 aromatic carbocycles. The van der Waals surface area contributed by atoms with Crippen molar-refractivity contribution in [1.29, 1.82) is 0 Å². The summed E-state index contributed by atoms with van der Waals surface area (Å²) in [6.07, 6.45) is 2.97. The van der Waals surface area contributed by atoms with Crippen LogP contribution in [0.1, 0.15) is 25.1 Å². The normalized spacial score (nSPS) is 19.3. The van der Waals surface area contributed by atoms with Crippen LogP contribution in [0.3, 0.4) is 0 Å². The average Bonchev–Trinajstić information content (AvgIpc) is 3.54. The van der Waals surface area contributed by atoms with Crippen LogP contribution in [0, 0.1) is 0 Å². The van der Waals surface area contributed by atoms with E-state index in [1.807, 2.05) is 30.1 Å². The van der Waals surface area contributed by atoms with Gasteiger partial charge in [-0.1, -0.05) is 53.7 Å². The SMILES string of the molecule is CC=C(C)CN1C[C@H](Sc2nc3ccccc3[nH]2)C[C@H]1C(=O)N(C)Cc1cc2ccccc2s1. The van der Waals surface area contributed by atoms with E-state index in [1.165, 1.54) is 20.5 Å². The molecule has 1 amide bonds. The highest BCUT2D eigenvalue weighted by Gasteiger charge is 2.39. The minimum absolute atomic E-state index is 0.115. The van der Waals surface area contributed by atoms with Gasteiger partial charge in [-0.15, -0.1) is 11.3 Å². The fourth-order valence-electron chi connectivity index (χ4n) is 4.61. The summed E-state index contributed by atoms with van der Waals surface area (Å²) >= 11 is 3.53. The molecule has 34 heavy (non-hydrogen) atoms. The number of aromatic amines is 1. The van der Waals surface area contributed by atoms with Crippen LogP contribution in [0.15, 0.2) is 71.4 Å². The van der Waals surface area contributed by atoms with Gasteiger partial charge in [0.15, 0.2) is 5.16 Å². The van der Waals surface area contributed by atoms with Crippen molar-refractivity contribution < 1.29 is 4.79 Å². The fourth-order valence-corrected chi connectivity index (χ4v) is 6.91. The smallest absolute Gasteiger partial charge is 0.240 e. The van der Waals surface area contributed by atoms with E-state index in [-0.39, 0.29) is 11.9 Å². The first kappa shape index (κ1) is 23.1. The van der Waals surface area contributed by atoms with Crippen LogP contribution in [0.4, 0.5) is 0 Å². The summed E-state index contributed by atoms with van der Waals surface area (Å²) in [5.41, 5.74) is 3.33. The Bertz CT molecular complexity index is 1270. The Morgan fingerprint density at radius 1 is 1.26 bits per heavy atom. The van der Waals surface area contributed by atoms with Crippen molar-refractivity contribution in [2.24, 2.45) is 0 Å². The summed E-state index contributed by atoms with van der Waals surface area (Å²) in [5.74, 6) is 0.203. The first-order valence-corrected chi connectivity index (χ1v) is 13.4. The van der Waals surface area contributed by atoms with E-state index in [2.05, 4.69) is 66.2 Å². The van der Waals surface area contributed by atoms with E-state index >= 15 is 0 Å². The maximum absolute atomic E-state index is 13.6. The number of H-pyrrole nitrogens is 1. The molecule has 1 aliphatic rings. The molecule has 5 nitrogen and oxygen atoms in total. The lowest BCUT2D eigenvalue weighted by atomic mass is 10.1. The number of carbonyl (C=O) groups is 1. The van der Waals surface area contributed by atoms with Crippen LogP contribution < -0.4 is 0 Å². The summed E-state index contributed by atoms with van der Waals surface area (Å²) in [4.78, 5) is 27.3. The highest BCUT2D eigenvalue weighted by Crippen LogP contribution is 2.34. The second-order valence-electron chi connectivity index (χ2n) is 9.06. The molecule has 7 heteroatoms. The van der Waals surface area contributed by atoms with Crippen molar-refractivity contribution in [3.8, 4) is 0 Å². The first-order valence-electron chi connectivity index (χ1n) is 11.7. The van der Waals surface area contributed by atoms with Crippen molar-refractivity contribution in [2.75, 3.05) is 20.1 Å². The number of benzene rings is 2. The van der Waals surface area contributed by atoms with Gasteiger partial charge < -0.3 is 9.88 Å². The molecule has 2 atom stereocenters. The number of nitrogens with one attached hydrogen (secondary N) is 1. The first-order chi connectivity index (χ1) is 16.5. The van der Waals surface area contributed by atoms with E-state index in [0.29, 0.717) is 11.8 Å². The van der Waals surface area contributed by atoms with Crippen molar-refractivity contribution >= 4 is 50.1 Å². The number of fused-ring (bicyclic) bond motifs is 2. The van der Waals surface area contributed by atoms with E-state index in [0.717, 1.165) is 35.7 Å². The third kappa shape index (κ3) is 4.92. The zero-order chi connectivity index (χ0) is 23.7. The summed E-state index contributed by atoms with van der Waals surface area (Å²) in [5, 5.41) is 2.49. The molecule has 1 fully saturated rings. The Morgan fingerprint density at radius 2 is 2.06 bits per heavy atom. The number of likely N-dealkylation sites (tertiary alicyclic amines) is 1. The monoisotopic (exact) mass is 490 g/mol. The van der Waals surface area contributed by atoms with Crippen LogP contribution in [0.25, 0.3) is 21.1 Å². The number of thioether (sulfide) groups is 1. The molecule has 176 valence electrons. The molecule has 0 spiro atoms. The number of thiophene rings is 1. The number of amides is 1. The Kier molecular flexibility index (Phi) is 6.77. The van der Waals surface area contributed by atoms with Gasteiger partial charge in [0.05, 0.1) is 23.6 Å². The summed E-state index contributed by atoms with van der Waals surface area (Å²) in [7, 11) is 1.94. The van der Waals surface area contributed by atoms with Gasteiger partial charge >= 0.3 is 0 Å². The third-order valence-corrected chi connectivity index (χ3v) is 8.68. The predicted octanol–water partition coefficient (Wildman–Crippen LogP) is 5.94. The molecule has 2 aromatic heterocycles. The number of hydrogen-bond donors (Lipinski definition) is 1. The van der Waals surface area contributed by atoms with Crippen molar-refractivity contribution in [3.63, 3.8) is 0 Å². The number of nitrogens with zero attached hydrogens (tertiary/aromatic N) is 3. The number of para-hydroxylation sites is 2. The van der Waals surface area contributed by atoms with E-state index in [9.17, 15) is 4.79 Å². The minimum Gasteiger partial charge on any atom is -0.339 e. The molecule has 1 saturated heterocycles.